The molecule has 0 spiro atoms. The molecule has 2 fully saturated rings. The molecule has 2 aliphatic rings. The zero-order valence-electron chi connectivity index (χ0n) is 16.9. The predicted octanol–water partition coefficient (Wildman–Crippen LogP) is 3.27. The van der Waals surface area contributed by atoms with Gasteiger partial charge in [0.25, 0.3) is 5.91 Å². The highest BCUT2D eigenvalue weighted by Gasteiger charge is 2.49. The van der Waals surface area contributed by atoms with Gasteiger partial charge in [-0.2, -0.15) is 5.43 Å². The lowest BCUT2D eigenvalue weighted by atomic mass is 9.92. The average molecular weight is 571 g/mol. The molecule has 11 heteroatoms. The summed E-state index contributed by atoms with van der Waals surface area (Å²) in [5.41, 5.74) is 2.83. The normalized spacial score (nSPS) is 23.2. The number of nitrogens with one attached hydrogen (secondary N) is 3. The number of nitrogens with zero attached hydrogens (tertiary/aromatic N) is 3. The summed E-state index contributed by atoms with van der Waals surface area (Å²) >= 11 is 8.61. The molecule has 2 unspecified atom stereocenters. The van der Waals surface area contributed by atoms with Gasteiger partial charge in [0, 0.05) is 22.2 Å². The Bertz CT molecular complexity index is 1190. The van der Waals surface area contributed by atoms with Crippen LogP contribution < -0.4 is 16.1 Å². The predicted molar refractivity (Wildman–Crippen MR) is 127 cm³/mol. The van der Waals surface area contributed by atoms with E-state index in [0.717, 1.165) is 29.4 Å². The van der Waals surface area contributed by atoms with Gasteiger partial charge in [-0.05, 0) is 60.2 Å². The number of hydrogen-bond donors (Lipinski definition) is 4. The van der Waals surface area contributed by atoms with Crippen molar-refractivity contribution in [2.24, 2.45) is 0 Å². The van der Waals surface area contributed by atoms with Crippen LogP contribution in [0.5, 0.6) is 0 Å². The number of rotatable bonds is 4. The number of hydrazine groups is 1. The van der Waals surface area contributed by atoms with E-state index in [-0.39, 0.29) is 34.5 Å². The average Bonchev–Trinajstić information content (AvgIpc) is 3.24. The van der Waals surface area contributed by atoms with Gasteiger partial charge >= 0.3 is 0 Å². The van der Waals surface area contributed by atoms with Crippen LogP contribution in [-0.4, -0.2) is 50.3 Å². The first-order valence-electron chi connectivity index (χ1n) is 10.3. The zero-order chi connectivity index (χ0) is 22.5. The number of β-amino-alcohol motifs (C(OH)–C–C–N with tert-alkyl or cyclic N) is 1. The highest BCUT2D eigenvalue weighted by atomic mass is 127. The van der Waals surface area contributed by atoms with Crippen LogP contribution in [0.25, 0.3) is 5.65 Å². The third-order valence-corrected chi connectivity index (χ3v) is 6.93. The van der Waals surface area contributed by atoms with Crippen LogP contribution in [-0.2, 0) is 0 Å². The lowest BCUT2D eigenvalue weighted by molar-refractivity contribution is -0.172. The minimum atomic E-state index is -1.19. The Hall–Kier alpha value is -1.99. The highest BCUT2D eigenvalue weighted by Crippen LogP contribution is 2.35. The van der Waals surface area contributed by atoms with E-state index in [2.05, 4.69) is 21.0 Å². The van der Waals surface area contributed by atoms with E-state index in [1.54, 1.807) is 35.1 Å². The van der Waals surface area contributed by atoms with Crippen molar-refractivity contribution >= 4 is 57.1 Å². The Morgan fingerprint density at radius 2 is 2.22 bits per heavy atom. The monoisotopic (exact) mass is 570 g/mol. The van der Waals surface area contributed by atoms with E-state index in [0.29, 0.717) is 5.65 Å². The van der Waals surface area contributed by atoms with Gasteiger partial charge in [-0.1, -0.05) is 18.0 Å². The molecule has 168 valence electrons. The van der Waals surface area contributed by atoms with Crippen molar-refractivity contribution < 1.29 is 14.3 Å². The fraction of sp³-hybridized carbons (Fsp3) is 0.333. The maximum atomic E-state index is 14.5. The molecule has 0 bridgehead atoms. The summed E-state index contributed by atoms with van der Waals surface area (Å²) in [6, 6.07) is 4.61. The van der Waals surface area contributed by atoms with Gasteiger partial charge in [0.15, 0.2) is 11.4 Å². The van der Waals surface area contributed by atoms with Crippen LogP contribution in [0.1, 0.15) is 29.6 Å². The van der Waals surface area contributed by atoms with Gasteiger partial charge in [-0.25, -0.2) is 9.37 Å². The second-order valence-electron chi connectivity index (χ2n) is 8.07. The zero-order valence-corrected chi connectivity index (χ0v) is 19.8. The summed E-state index contributed by atoms with van der Waals surface area (Å²) in [6.07, 6.45) is 7.78. The number of fused-ring (bicyclic) bond motifs is 1. The number of imidazole rings is 1. The molecular formula is C21H21ClFIN6O2. The van der Waals surface area contributed by atoms with Gasteiger partial charge in [0.2, 0.25) is 0 Å². The molecule has 2 atom stereocenters. The molecule has 4 heterocycles. The topological polar surface area (TPSA) is 93.9 Å². The number of aliphatic hydroxyl groups is 1. The Morgan fingerprint density at radius 1 is 1.41 bits per heavy atom. The van der Waals surface area contributed by atoms with E-state index in [9.17, 15) is 14.3 Å². The van der Waals surface area contributed by atoms with Crippen molar-refractivity contribution in [3.63, 3.8) is 0 Å². The molecule has 2 saturated heterocycles. The Labute approximate surface area is 202 Å². The minimum Gasteiger partial charge on any atom is -0.371 e. The van der Waals surface area contributed by atoms with Crippen LogP contribution in [0.2, 0.25) is 5.02 Å². The van der Waals surface area contributed by atoms with E-state index in [1.165, 1.54) is 11.1 Å². The van der Waals surface area contributed by atoms with E-state index < -0.39 is 17.4 Å². The molecule has 4 N–H and O–H groups in total. The van der Waals surface area contributed by atoms with Crippen LogP contribution in [0.15, 0.2) is 36.8 Å². The molecule has 0 radical (unpaired) electrons. The number of hydrogen-bond acceptors (Lipinski definition) is 6. The minimum absolute atomic E-state index is 0.125. The fourth-order valence-corrected chi connectivity index (χ4v) is 4.95. The van der Waals surface area contributed by atoms with Crippen LogP contribution >= 0.6 is 34.2 Å². The van der Waals surface area contributed by atoms with Crippen LogP contribution in [0.4, 0.5) is 15.8 Å². The van der Waals surface area contributed by atoms with E-state index in [4.69, 9.17) is 11.6 Å². The summed E-state index contributed by atoms with van der Waals surface area (Å²) in [5, 5.41) is 18.7. The lowest BCUT2D eigenvalue weighted by Gasteiger charge is -2.52. The second kappa shape index (κ2) is 8.41. The number of amides is 1. The molecule has 1 amide bonds. The quantitative estimate of drug-likeness (QED) is 0.360. The summed E-state index contributed by atoms with van der Waals surface area (Å²) < 4.78 is 16.9. The Morgan fingerprint density at radius 3 is 2.94 bits per heavy atom. The standard InChI is InChI=1S/C21H21ClFIN6O2/c22-17-18(27-15-5-4-12(24)9-14(15)23)13(10-29-8-7-26-19(17)29)20(31)30-11-21(32,28-30)16-3-1-2-6-25-16/h4-5,7-10,16,25,27-28,32H,1-3,6,11H2. The highest BCUT2D eigenvalue weighted by molar-refractivity contribution is 14.1. The van der Waals surface area contributed by atoms with Crippen molar-refractivity contribution in [3.05, 3.63) is 56.8 Å². The first kappa shape index (κ1) is 21.8. The fourth-order valence-electron chi connectivity index (χ4n) is 4.20. The number of aromatic nitrogens is 2. The number of benzene rings is 1. The van der Waals surface area contributed by atoms with Crippen molar-refractivity contribution in [2.45, 2.75) is 31.0 Å². The van der Waals surface area contributed by atoms with Crippen molar-refractivity contribution in [3.8, 4) is 0 Å². The summed E-state index contributed by atoms with van der Waals surface area (Å²) in [7, 11) is 0. The molecule has 3 aromatic rings. The van der Waals surface area contributed by atoms with E-state index >= 15 is 0 Å². The van der Waals surface area contributed by atoms with Crippen molar-refractivity contribution in [1.82, 2.24) is 25.1 Å². The maximum Gasteiger partial charge on any atom is 0.271 e. The number of carbonyl (C=O) groups excluding carboxylic acids is 1. The number of piperidine rings is 1. The van der Waals surface area contributed by atoms with Gasteiger partial charge in [0.05, 0.1) is 29.5 Å². The first-order valence-corrected chi connectivity index (χ1v) is 11.7. The number of halogens is 3. The Balaban J connectivity index is 1.46. The molecular weight excluding hydrogens is 550 g/mol. The van der Waals surface area contributed by atoms with E-state index in [1.807, 2.05) is 22.6 Å². The van der Waals surface area contributed by atoms with Crippen molar-refractivity contribution in [2.75, 3.05) is 18.4 Å². The third-order valence-electron chi connectivity index (χ3n) is 5.90. The first-order chi connectivity index (χ1) is 15.4. The lowest BCUT2D eigenvalue weighted by Crippen LogP contribution is -2.79. The van der Waals surface area contributed by atoms with Gasteiger partial charge in [-0.3, -0.25) is 9.80 Å². The summed E-state index contributed by atoms with van der Waals surface area (Å²) in [6.45, 7) is 0.964. The van der Waals surface area contributed by atoms with Crippen LogP contribution in [0.3, 0.4) is 0 Å². The summed E-state index contributed by atoms with van der Waals surface area (Å²) in [5.74, 6) is -0.856. The smallest absolute Gasteiger partial charge is 0.271 e. The molecule has 5 rings (SSSR count). The molecule has 32 heavy (non-hydrogen) atoms. The maximum absolute atomic E-state index is 14.5. The number of pyridine rings is 1. The number of anilines is 2. The molecule has 2 aliphatic heterocycles. The van der Waals surface area contributed by atoms with Crippen LogP contribution in [0, 0.1) is 9.39 Å². The molecule has 8 nitrogen and oxygen atoms in total. The summed E-state index contributed by atoms with van der Waals surface area (Å²) in [4.78, 5) is 17.6. The molecule has 0 aliphatic carbocycles. The van der Waals surface area contributed by atoms with Gasteiger partial charge < -0.3 is 20.1 Å². The largest absolute Gasteiger partial charge is 0.371 e. The molecule has 1 aromatic carbocycles. The van der Waals surface area contributed by atoms with Gasteiger partial charge in [-0.15, -0.1) is 0 Å². The Kier molecular flexibility index (Phi) is 5.74. The van der Waals surface area contributed by atoms with Crippen molar-refractivity contribution in [1.29, 1.82) is 0 Å². The van der Waals surface area contributed by atoms with Gasteiger partial charge in [0.1, 0.15) is 10.8 Å². The molecule has 0 saturated carbocycles. The SMILES string of the molecule is O=C(c1cn2ccnc2c(Cl)c1Nc1ccc(I)cc1F)N1CC(O)(C2CCCCN2)N1. The number of carbonyl (C=O) groups is 1. The molecule has 2 aromatic heterocycles. The second-order valence-corrected chi connectivity index (χ2v) is 9.69. The third kappa shape index (κ3) is 3.83.